The summed E-state index contributed by atoms with van der Waals surface area (Å²) in [6, 6.07) is 8.94. The van der Waals surface area contributed by atoms with E-state index in [-0.39, 0.29) is 17.9 Å². The molecule has 1 saturated heterocycles. The monoisotopic (exact) mass is 411 g/mol. The molecular formula is C23H29N3O4. The molecule has 1 aliphatic heterocycles. The van der Waals surface area contributed by atoms with Gasteiger partial charge in [-0.25, -0.2) is 4.79 Å². The lowest BCUT2D eigenvalue weighted by atomic mass is 10.1. The van der Waals surface area contributed by atoms with Gasteiger partial charge in [-0.1, -0.05) is 18.2 Å². The number of nitrogens with zero attached hydrogens (tertiary/aromatic N) is 2. The molecule has 1 aromatic carbocycles. The molecule has 1 aliphatic rings. The van der Waals surface area contributed by atoms with Gasteiger partial charge < -0.3 is 19.5 Å². The summed E-state index contributed by atoms with van der Waals surface area (Å²) in [6.07, 6.45) is 0.312. The fraction of sp³-hybridized carbons (Fsp3) is 0.435. The third-order valence-corrected chi connectivity index (χ3v) is 5.42. The number of aryl methyl sites for hydroxylation is 1. The quantitative estimate of drug-likeness (QED) is 0.738. The summed E-state index contributed by atoms with van der Waals surface area (Å²) in [4.78, 5) is 45.2. The summed E-state index contributed by atoms with van der Waals surface area (Å²) in [5.41, 5.74) is 2.68. The molecule has 2 heterocycles. The maximum atomic E-state index is 13.4. The smallest absolute Gasteiger partial charge is 0.340 e. The SMILES string of the molecule is CCN(C(=O)c1[nH]c(C)c(C(=O)OC(C)C)c1C)C1CCN(c2ccccc2)C1=O. The van der Waals surface area contributed by atoms with Gasteiger partial charge in [0.25, 0.3) is 5.91 Å². The van der Waals surface area contributed by atoms with Crippen LogP contribution in [0.2, 0.25) is 0 Å². The summed E-state index contributed by atoms with van der Waals surface area (Å²) in [5, 5.41) is 0. The van der Waals surface area contributed by atoms with Gasteiger partial charge in [0.1, 0.15) is 11.7 Å². The minimum absolute atomic E-state index is 0.0863. The van der Waals surface area contributed by atoms with Crippen molar-refractivity contribution < 1.29 is 19.1 Å². The number of H-pyrrole nitrogens is 1. The number of nitrogens with one attached hydrogen (secondary N) is 1. The molecule has 0 spiro atoms. The van der Waals surface area contributed by atoms with Gasteiger partial charge >= 0.3 is 5.97 Å². The molecule has 1 N–H and O–H groups in total. The third-order valence-electron chi connectivity index (χ3n) is 5.42. The van der Waals surface area contributed by atoms with E-state index in [1.54, 1.807) is 37.5 Å². The van der Waals surface area contributed by atoms with Gasteiger partial charge in [0.2, 0.25) is 5.91 Å². The summed E-state index contributed by atoms with van der Waals surface area (Å²) in [6.45, 7) is 9.85. The second kappa shape index (κ2) is 8.73. The molecule has 30 heavy (non-hydrogen) atoms. The summed E-state index contributed by atoms with van der Waals surface area (Å²) >= 11 is 0. The van der Waals surface area contributed by atoms with Crippen LogP contribution in [0.25, 0.3) is 0 Å². The highest BCUT2D eigenvalue weighted by molar-refractivity contribution is 6.05. The Kier molecular flexibility index (Phi) is 6.29. The number of anilines is 1. The molecule has 7 heteroatoms. The molecule has 0 bridgehead atoms. The van der Waals surface area contributed by atoms with Crippen molar-refractivity contribution in [2.45, 2.75) is 53.2 Å². The van der Waals surface area contributed by atoms with E-state index in [0.29, 0.717) is 42.0 Å². The number of likely N-dealkylation sites (N-methyl/N-ethyl adjacent to an activating group) is 1. The number of carbonyl (C=O) groups is 3. The van der Waals surface area contributed by atoms with Crippen molar-refractivity contribution >= 4 is 23.5 Å². The number of benzene rings is 1. The average Bonchev–Trinajstić information content (AvgIpc) is 3.22. The Morgan fingerprint density at radius 1 is 1.23 bits per heavy atom. The lowest BCUT2D eigenvalue weighted by molar-refractivity contribution is -0.120. The van der Waals surface area contributed by atoms with Crippen molar-refractivity contribution in [2.75, 3.05) is 18.0 Å². The van der Waals surface area contributed by atoms with E-state index in [1.807, 2.05) is 37.3 Å². The van der Waals surface area contributed by atoms with E-state index in [0.717, 1.165) is 5.69 Å². The van der Waals surface area contributed by atoms with E-state index >= 15 is 0 Å². The Bertz CT molecular complexity index is 949. The molecule has 0 aliphatic carbocycles. The van der Waals surface area contributed by atoms with Gasteiger partial charge in [-0.05, 0) is 58.7 Å². The highest BCUT2D eigenvalue weighted by atomic mass is 16.5. The first-order chi connectivity index (χ1) is 14.3. The predicted octanol–water partition coefficient (Wildman–Crippen LogP) is 3.46. The standard InChI is InChI=1S/C23H29N3O4/c1-6-25(18-12-13-26(21(18)27)17-10-8-7-9-11-17)22(28)20-15(4)19(16(5)24-20)23(29)30-14(2)3/h7-11,14,18,24H,6,12-13H2,1-5H3. The number of rotatable bonds is 6. The van der Waals surface area contributed by atoms with Gasteiger partial charge in [-0.15, -0.1) is 0 Å². The second-order valence-corrected chi connectivity index (χ2v) is 7.80. The fourth-order valence-corrected chi connectivity index (χ4v) is 4.01. The third kappa shape index (κ3) is 3.97. The van der Waals surface area contributed by atoms with Crippen LogP contribution < -0.4 is 4.90 Å². The zero-order valence-corrected chi connectivity index (χ0v) is 18.2. The number of hydrogen-bond acceptors (Lipinski definition) is 4. The highest BCUT2D eigenvalue weighted by Crippen LogP contribution is 2.27. The number of hydrogen-bond donors (Lipinski definition) is 1. The molecule has 160 valence electrons. The minimum Gasteiger partial charge on any atom is -0.459 e. The molecule has 7 nitrogen and oxygen atoms in total. The zero-order chi connectivity index (χ0) is 22.0. The maximum absolute atomic E-state index is 13.4. The number of carbonyl (C=O) groups excluding carboxylic acids is 3. The molecule has 2 amide bonds. The number of aromatic nitrogens is 1. The van der Waals surface area contributed by atoms with E-state index in [9.17, 15) is 14.4 Å². The Labute approximate surface area is 177 Å². The molecule has 3 rings (SSSR count). The van der Waals surface area contributed by atoms with Crippen molar-refractivity contribution in [3.05, 3.63) is 52.8 Å². The van der Waals surface area contributed by atoms with Crippen LogP contribution in [0.15, 0.2) is 30.3 Å². The van der Waals surface area contributed by atoms with E-state index in [1.165, 1.54) is 0 Å². The summed E-state index contributed by atoms with van der Waals surface area (Å²) < 4.78 is 5.31. The predicted molar refractivity (Wildman–Crippen MR) is 115 cm³/mol. The first kappa shape index (κ1) is 21.6. The molecule has 1 aromatic heterocycles. The first-order valence-corrected chi connectivity index (χ1v) is 10.3. The van der Waals surface area contributed by atoms with Crippen LogP contribution in [0.1, 0.15) is 59.3 Å². The minimum atomic E-state index is -0.531. The Morgan fingerprint density at radius 2 is 1.90 bits per heavy atom. The van der Waals surface area contributed by atoms with Crippen molar-refractivity contribution in [1.29, 1.82) is 0 Å². The topological polar surface area (TPSA) is 82.7 Å². The Hall–Kier alpha value is -3.09. The molecule has 0 saturated carbocycles. The van der Waals surface area contributed by atoms with Crippen molar-refractivity contribution in [3.63, 3.8) is 0 Å². The Balaban J connectivity index is 1.85. The van der Waals surface area contributed by atoms with E-state index in [2.05, 4.69) is 4.98 Å². The normalized spacial score (nSPS) is 16.3. The van der Waals surface area contributed by atoms with Crippen molar-refractivity contribution in [3.8, 4) is 0 Å². The van der Waals surface area contributed by atoms with Gasteiger partial charge in [0, 0.05) is 24.5 Å². The zero-order valence-electron chi connectivity index (χ0n) is 18.2. The van der Waals surface area contributed by atoms with Gasteiger partial charge in [0.05, 0.1) is 11.7 Å². The first-order valence-electron chi connectivity index (χ1n) is 10.3. The van der Waals surface area contributed by atoms with E-state index < -0.39 is 12.0 Å². The van der Waals surface area contributed by atoms with Gasteiger partial charge in [-0.3, -0.25) is 9.59 Å². The van der Waals surface area contributed by atoms with Crippen LogP contribution >= 0.6 is 0 Å². The lowest BCUT2D eigenvalue weighted by Gasteiger charge is -2.27. The second-order valence-electron chi connectivity index (χ2n) is 7.80. The molecular weight excluding hydrogens is 382 g/mol. The highest BCUT2D eigenvalue weighted by Gasteiger charge is 2.39. The van der Waals surface area contributed by atoms with Crippen LogP contribution in [0.3, 0.4) is 0 Å². The molecule has 1 atom stereocenters. The average molecular weight is 412 g/mol. The number of esters is 1. The number of ether oxygens (including phenoxy) is 1. The molecule has 1 unspecified atom stereocenters. The Morgan fingerprint density at radius 3 is 2.50 bits per heavy atom. The summed E-state index contributed by atoms with van der Waals surface area (Å²) in [7, 11) is 0. The fourth-order valence-electron chi connectivity index (χ4n) is 4.01. The van der Waals surface area contributed by atoms with Crippen LogP contribution in [0.5, 0.6) is 0 Å². The van der Waals surface area contributed by atoms with Crippen LogP contribution in [-0.4, -0.2) is 52.9 Å². The van der Waals surface area contributed by atoms with Gasteiger partial charge in [-0.2, -0.15) is 0 Å². The molecule has 0 radical (unpaired) electrons. The van der Waals surface area contributed by atoms with Crippen LogP contribution in [0, 0.1) is 13.8 Å². The lowest BCUT2D eigenvalue weighted by Crippen LogP contribution is -2.45. The number of aromatic amines is 1. The summed E-state index contributed by atoms with van der Waals surface area (Å²) in [5.74, 6) is -0.822. The maximum Gasteiger partial charge on any atom is 0.340 e. The van der Waals surface area contributed by atoms with Crippen LogP contribution in [0.4, 0.5) is 5.69 Å². The number of para-hydroxylation sites is 1. The molecule has 2 aromatic rings. The van der Waals surface area contributed by atoms with Crippen molar-refractivity contribution in [1.82, 2.24) is 9.88 Å². The van der Waals surface area contributed by atoms with Crippen LogP contribution in [-0.2, 0) is 9.53 Å². The molecule has 1 fully saturated rings. The van der Waals surface area contributed by atoms with E-state index in [4.69, 9.17) is 4.74 Å². The van der Waals surface area contributed by atoms with Crippen molar-refractivity contribution in [2.24, 2.45) is 0 Å². The van der Waals surface area contributed by atoms with Gasteiger partial charge in [0.15, 0.2) is 0 Å². The number of amides is 2. The largest absolute Gasteiger partial charge is 0.459 e.